The lowest BCUT2D eigenvalue weighted by molar-refractivity contribution is 0.0792. The van der Waals surface area contributed by atoms with Gasteiger partial charge in [-0.1, -0.05) is 54.6 Å². The maximum Gasteiger partial charge on any atom is 0.255 e. The second-order valence-electron chi connectivity index (χ2n) is 11.1. The van der Waals surface area contributed by atoms with Crippen molar-refractivity contribution < 1.29 is 27.5 Å². The highest BCUT2D eigenvalue weighted by molar-refractivity contribution is 7.90. The second-order valence-corrected chi connectivity index (χ2v) is 13.0. The predicted molar refractivity (Wildman–Crippen MR) is 175 cm³/mol. The molecular formula is C36H38N2O6S. The molecule has 1 N–H and O–H groups in total. The number of amides is 2. The highest BCUT2D eigenvalue weighted by Crippen LogP contribution is 2.33. The van der Waals surface area contributed by atoms with Gasteiger partial charge in [0.2, 0.25) is 0 Å². The number of hydrogen-bond acceptors (Lipinski definition) is 6. The predicted octanol–water partition coefficient (Wildman–Crippen LogP) is 5.94. The van der Waals surface area contributed by atoms with Gasteiger partial charge in [-0.3, -0.25) is 9.59 Å². The number of methoxy groups -OCH3 is 2. The number of para-hydroxylation sites is 1. The van der Waals surface area contributed by atoms with E-state index in [-0.39, 0.29) is 28.2 Å². The Balaban J connectivity index is 1.27. The Morgan fingerprint density at radius 1 is 0.778 bits per heavy atom. The van der Waals surface area contributed by atoms with Gasteiger partial charge in [0.05, 0.1) is 25.5 Å². The number of benzene rings is 4. The third-order valence-corrected chi connectivity index (χ3v) is 9.66. The van der Waals surface area contributed by atoms with Crippen molar-refractivity contribution in [2.45, 2.75) is 36.3 Å². The molecule has 1 aliphatic heterocycles. The lowest BCUT2D eigenvalue weighted by Gasteiger charge is -2.16. The summed E-state index contributed by atoms with van der Waals surface area (Å²) >= 11 is 0. The zero-order valence-electron chi connectivity index (χ0n) is 25.6. The van der Waals surface area contributed by atoms with Crippen LogP contribution in [-0.4, -0.2) is 59.0 Å². The minimum atomic E-state index is -3.79. The van der Waals surface area contributed by atoms with Crippen LogP contribution in [0.1, 0.15) is 51.1 Å². The quantitative estimate of drug-likeness (QED) is 0.195. The van der Waals surface area contributed by atoms with Crippen molar-refractivity contribution in [3.63, 3.8) is 0 Å². The standard InChI is InChI=1S/C36H38N2O6S/c1-43-32-16-4-3-15-31(32)35(39)37-19-9-12-26-10-7-11-27(22-26)25-45(41,42)34-24-29(17-18-33(34)44-2)28-13-8-14-30(23-28)36(40)38-20-5-6-21-38/h3-4,7-8,10-11,13-18,22-24H,5-6,9,12,19-21,25H2,1-2H3,(H,37,39). The first-order valence-electron chi connectivity index (χ1n) is 15.1. The third kappa shape index (κ3) is 7.72. The molecule has 0 aliphatic carbocycles. The molecule has 8 nitrogen and oxygen atoms in total. The number of ether oxygens (including phenoxy) is 2. The Labute approximate surface area is 264 Å². The minimum Gasteiger partial charge on any atom is -0.496 e. The van der Waals surface area contributed by atoms with Crippen LogP contribution in [0.2, 0.25) is 0 Å². The molecule has 0 aromatic heterocycles. The Bertz CT molecular complexity index is 1780. The van der Waals surface area contributed by atoms with Gasteiger partial charge in [-0.15, -0.1) is 0 Å². The van der Waals surface area contributed by atoms with E-state index in [0.717, 1.165) is 37.1 Å². The van der Waals surface area contributed by atoms with E-state index in [9.17, 15) is 18.0 Å². The zero-order chi connectivity index (χ0) is 31.8. The van der Waals surface area contributed by atoms with Crippen molar-refractivity contribution in [2.24, 2.45) is 0 Å². The van der Waals surface area contributed by atoms with Gasteiger partial charge in [0.25, 0.3) is 11.8 Å². The SMILES string of the molecule is COc1ccccc1C(=O)NCCCc1cccc(CS(=O)(=O)c2cc(-c3cccc(C(=O)N4CCCC4)c3)ccc2OC)c1. The number of nitrogens with one attached hydrogen (secondary N) is 1. The first kappa shape index (κ1) is 31.8. The van der Waals surface area contributed by atoms with Crippen LogP contribution < -0.4 is 14.8 Å². The van der Waals surface area contributed by atoms with E-state index in [1.165, 1.54) is 14.2 Å². The lowest BCUT2D eigenvalue weighted by Crippen LogP contribution is -2.27. The van der Waals surface area contributed by atoms with Gasteiger partial charge >= 0.3 is 0 Å². The van der Waals surface area contributed by atoms with Crippen LogP contribution in [0.15, 0.2) is 95.9 Å². The monoisotopic (exact) mass is 626 g/mol. The van der Waals surface area contributed by atoms with Crippen molar-refractivity contribution in [2.75, 3.05) is 33.9 Å². The van der Waals surface area contributed by atoms with Crippen molar-refractivity contribution in [3.8, 4) is 22.6 Å². The number of aryl methyl sites for hydroxylation is 1. The number of rotatable bonds is 12. The summed E-state index contributed by atoms with van der Waals surface area (Å²) in [7, 11) is -0.799. The molecule has 1 aliphatic rings. The molecular weight excluding hydrogens is 588 g/mol. The van der Waals surface area contributed by atoms with E-state index in [1.54, 1.807) is 42.5 Å². The van der Waals surface area contributed by atoms with Gasteiger partial charge in [0.15, 0.2) is 9.84 Å². The van der Waals surface area contributed by atoms with E-state index in [2.05, 4.69) is 5.32 Å². The molecule has 0 bridgehead atoms. The number of hydrogen-bond donors (Lipinski definition) is 1. The van der Waals surface area contributed by atoms with E-state index < -0.39 is 9.84 Å². The fraction of sp³-hybridized carbons (Fsp3) is 0.278. The molecule has 4 aromatic rings. The van der Waals surface area contributed by atoms with Crippen LogP contribution >= 0.6 is 0 Å². The molecule has 4 aromatic carbocycles. The van der Waals surface area contributed by atoms with Gasteiger partial charge in [-0.2, -0.15) is 0 Å². The van der Waals surface area contributed by atoms with Gasteiger partial charge in [0.1, 0.15) is 16.4 Å². The summed E-state index contributed by atoms with van der Waals surface area (Å²) in [5.41, 5.74) is 4.17. The van der Waals surface area contributed by atoms with Gasteiger partial charge in [0, 0.05) is 25.2 Å². The highest BCUT2D eigenvalue weighted by Gasteiger charge is 2.23. The van der Waals surface area contributed by atoms with E-state index in [0.29, 0.717) is 47.4 Å². The van der Waals surface area contributed by atoms with Crippen LogP contribution in [0.4, 0.5) is 0 Å². The summed E-state index contributed by atoms with van der Waals surface area (Å²) < 4.78 is 38.2. The summed E-state index contributed by atoms with van der Waals surface area (Å²) in [6.07, 6.45) is 3.38. The third-order valence-electron chi connectivity index (χ3n) is 7.96. The summed E-state index contributed by atoms with van der Waals surface area (Å²) in [6.45, 7) is 1.99. The van der Waals surface area contributed by atoms with Crippen molar-refractivity contribution in [3.05, 3.63) is 113 Å². The summed E-state index contributed by atoms with van der Waals surface area (Å²) in [5, 5.41) is 2.92. The van der Waals surface area contributed by atoms with E-state index in [4.69, 9.17) is 9.47 Å². The van der Waals surface area contributed by atoms with Gasteiger partial charge in [-0.25, -0.2) is 8.42 Å². The van der Waals surface area contributed by atoms with E-state index >= 15 is 0 Å². The van der Waals surface area contributed by atoms with E-state index in [1.807, 2.05) is 53.4 Å². The van der Waals surface area contributed by atoms with Gasteiger partial charge < -0.3 is 19.7 Å². The van der Waals surface area contributed by atoms with Crippen molar-refractivity contribution in [1.29, 1.82) is 0 Å². The fourth-order valence-electron chi connectivity index (χ4n) is 5.63. The molecule has 45 heavy (non-hydrogen) atoms. The fourth-order valence-corrected chi connectivity index (χ4v) is 7.17. The van der Waals surface area contributed by atoms with Crippen molar-refractivity contribution >= 4 is 21.7 Å². The molecule has 0 radical (unpaired) electrons. The molecule has 2 amide bonds. The maximum absolute atomic E-state index is 13.7. The Kier molecular flexibility index (Phi) is 10.2. The maximum atomic E-state index is 13.7. The first-order chi connectivity index (χ1) is 21.8. The zero-order valence-corrected chi connectivity index (χ0v) is 26.4. The van der Waals surface area contributed by atoms with Crippen molar-refractivity contribution in [1.82, 2.24) is 10.2 Å². The normalized spacial score (nSPS) is 13.0. The first-order valence-corrected chi connectivity index (χ1v) is 16.7. The largest absolute Gasteiger partial charge is 0.496 e. The minimum absolute atomic E-state index is 0.00519. The Hall–Kier alpha value is -4.63. The molecule has 0 unspecified atom stereocenters. The van der Waals surface area contributed by atoms with Crippen LogP contribution in [0.25, 0.3) is 11.1 Å². The summed E-state index contributed by atoms with van der Waals surface area (Å²) in [6, 6.07) is 27.0. The van der Waals surface area contributed by atoms with Crippen LogP contribution in [-0.2, 0) is 22.0 Å². The average Bonchev–Trinajstić information content (AvgIpc) is 3.61. The molecule has 1 heterocycles. The number of likely N-dealkylation sites (tertiary alicyclic amines) is 1. The van der Waals surface area contributed by atoms with Crippen LogP contribution in [0.3, 0.4) is 0 Å². The smallest absolute Gasteiger partial charge is 0.255 e. The molecule has 234 valence electrons. The molecule has 5 rings (SSSR count). The molecule has 0 saturated carbocycles. The Morgan fingerprint density at radius 3 is 2.27 bits per heavy atom. The number of nitrogens with zero attached hydrogens (tertiary/aromatic N) is 1. The molecule has 0 atom stereocenters. The molecule has 9 heteroatoms. The van der Waals surface area contributed by atoms with Crippen LogP contribution in [0.5, 0.6) is 11.5 Å². The van der Waals surface area contributed by atoms with Gasteiger partial charge in [-0.05, 0) is 84.3 Å². The lowest BCUT2D eigenvalue weighted by atomic mass is 10.0. The topological polar surface area (TPSA) is 102 Å². The number of carbonyl (C=O) groups excluding carboxylic acids is 2. The second kappa shape index (κ2) is 14.4. The number of sulfone groups is 1. The van der Waals surface area contributed by atoms with Crippen LogP contribution in [0, 0.1) is 0 Å². The summed E-state index contributed by atoms with van der Waals surface area (Å²) in [4.78, 5) is 27.5. The number of carbonyl (C=O) groups is 2. The molecule has 1 fully saturated rings. The summed E-state index contributed by atoms with van der Waals surface area (Å²) in [5.74, 6) is 0.388. The molecule has 0 spiro atoms. The Morgan fingerprint density at radius 2 is 1.49 bits per heavy atom. The highest BCUT2D eigenvalue weighted by atomic mass is 32.2. The average molecular weight is 627 g/mol. The molecule has 1 saturated heterocycles.